The van der Waals surface area contributed by atoms with Gasteiger partial charge in [-0.3, -0.25) is 0 Å². The van der Waals surface area contributed by atoms with Crippen molar-refractivity contribution in [2.24, 2.45) is 0 Å². The van der Waals surface area contributed by atoms with Gasteiger partial charge in [0.2, 0.25) is 0 Å². The van der Waals surface area contributed by atoms with Crippen LogP contribution in [-0.4, -0.2) is 66.4 Å². The molecule has 3 aromatic rings. The van der Waals surface area contributed by atoms with Crippen LogP contribution in [0.5, 0.6) is 0 Å². The van der Waals surface area contributed by atoms with E-state index in [0.29, 0.717) is 0 Å². The van der Waals surface area contributed by atoms with Gasteiger partial charge in [0.1, 0.15) is 0 Å². The molecule has 0 unspecified atom stereocenters. The zero-order chi connectivity index (χ0) is 50.9. The van der Waals surface area contributed by atoms with Crippen LogP contribution < -0.4 is 15.3 Å². The molecule has 0 aliphatic heterocycles. The van der Waals surface area contributed by atoms with E-state index in [1.165, 1.54) is 55.7 Å². The average molecular weight is 1140 g/mol. The SMILES string of the molecule is C[Si](C)(C)C1=CCC([Si](C)(C)C)=C1.C[Si](C)(C)C1=CCC([Si](C)(C)C)=C1.C[Si](C)(C)C1=CCC([Si](C)(C)C)=C1.O=C([O-])c1ccccc1.O=C([O-])c1ccccc1.O=C([O-])c1ccccc1.[Ti].[Ti].[Ti]. The Morgan fingerprint density at radius 3 is 0.580 bits per heavy atom. The monoisotopic (exact) mass is 1140 g/mol. The summed E-state index contributed by atoms with van der Waals surface area (Å²) in [7, 11) is -6.15. The summed E-state index contributed by atoms with van der Waals surface area (Å²) in [6.07, 6.45) is 18.7. The van der Waals surface area contributed by atoms with E-state index in [4.69, 9.17) is 0 Å². The molecule has 0 atom stereocenters. The maximum Gasteiger partial charge on any atom is 0.0771 e. The van der Waals surface area contributed by atoms with Gasteiger partial charge in [0, 0.05) is 65.2 Å². The van der Waals surface area contributed by atoms with E-state index in [1.54, 1.807) is 85.8 Å². The van der Waals surface area contributed by atoms with Gasteiger partial charge in [0.25, 0.3) is 0 Å². The minimum absolute atomic E-state index is 0. The third kappa shape index (κ3) is 28.7. The number of hydrogen-bond donors (Lipinski definition) is 0. The third-order valence-electron chi connectivity index (χ3n) is 11.1. The van der Waals surface area contributed by atoms with Crippen LogP contribution in [0.1, 0.15) is 50.3 Å². The average Bonchev–Trinajstić information content (AvgIpc) is 4.02. The normalized spacial score (nSPS) is 14.0. The first-order valence-corrected chi connectivity index (χ1v) is 44.1. The van der Waals surface area contributed by atoms with Gasteiger partial charge < -0.3 is 29.7 Å². The Bertz CT molecular complexity index is 1990. The molecule has 15 heteroatoms. The van der Waals surface area contributed by atoms with Crippen molar-refractivity contribution >= 4 is 66.4 Å². The van der Waals surface area contributed by atoms with Crippen molar-refractivity contribution in [2.75, 3.05) is 0 Å². The van der Waals surface area contributed by atoms with Crippen molar-refractivity contribution in [3.8, 4) is 0 Å². The van der Waals surface area contributed by atoms with Crippen LogP contribution >= 0.6 is 0 Å². The fourth-order valence-corrected chi connectivity index (χ4v) is 14.7. The largest absolute Gasteiger partial charge is 0.545 e. The van der Waals surface area contributed by atoms with Gasteiger partial charge in [-0.15, -0.1) is 0 Å². The van der Waals surface area contributed by atoms with Gasteiger partial charge in [-0.25, -0.2) is 0 Å². The zero-order valence-electron chi connectivity index (χ0n) is 45.2. The quantitative estimate of drug-likeness (QED) is 0.197. The first kappa shape index (κ1) is 71.2. The first-order chi connectivity index (χ1) is 30.0. The van der Waals surface area contributed by atoms with Crippen LogP contribution in [0.15, 0.2) is 159 Å². The molecule has 0 heterocycles. The van der Waals surface area contributed by atoms with Crippen molar-refractivity contribution in [3.63, 3.8) is 0 Å². The van der Waals surface area contributed by atoms with Crippen LogP contribution in [0.2, 0.25) is 118 Å². The number of carbonyl (C=O) groups excluding carboxylic acids is 3. The molecular formula is C54H81O6Si6Ti3-3. The molecule has 372 valence electrons. The van der Waals surface area contributed by atoms with E-state index < -0.39 is 66.4 Å². The van der Waals surface area contributed by atoms with Crippen LogP contribution in [0.25, 0.3) is 0 Å². The van der Waals surface area contributed by atoms with Crippen LogP contribution in [0.4, 0.5) is 0 Å². The fraction of sp³-hybridized carbons (Fsp3) is 0.389. The maximum atomic E-state index is 10.1. The van der Waals surface area contributed by atoms with Gasteiger partial charge in [-0.05, 0) is 36.0 Å². The molecular weight excluding hydrogens is 1060 g/mol. The van der Waals surface area contributed by atoms with Crippen LogP contribution in [-0.2, 0) is 65.2 Å². The predicted molar refractivity (Wildman–Crippen MR) is 295 cm³/mol. The van der Waals surface area contributed by atoms with E-state index in [2.05, 4.69) is 154 Å². The first-order valence-electron chi connectivity index (χ1n) is 23.1. The number of carbonyl (C=O) groups is 3. The minimum Gasteiger partial charge on any atom is -0.545 e. The Hall–Kier alpha value is -2.05. The fourth-order valence-electron chi connectivity index (χ4n) is 6.44. The summed E-state index contributed by atoms with van der Waals surface area (Å²) in [6, 6.07) is 24.2. The Morgan fingerprint density at radius 2 is 0.493 bits per heavy atom. The molecule has 6 nitrogen and oxygen atoms in total. The topological polar surface area (TPSA) is 120 Å². The third-order valence-corrected chi connectivity index (χ3v) is 24.2. The molecule has 0 aromatic heterocycles. The maximum absolute atomic E-state index is 10.1. The molecule has 0 radical (unpaired) electrons. The number of allylic oxidation sites excluding steroid dienone is 12. The Balaban J connectivity index is -0.000000757. The Kier molecular flexibility index (Phi) is 32.5. The van der Waals surface area contributed by atoms with E-state index in [1.807, 2.05) is 0 Å². The summed E-state index contributed by atoms with van der Waals surface area (Å²) in [5.74, 6) is -3.39. The summed E-state index contributed by atoms with van der Waals surface area (Å²) in [5.41, 5.74) is 0.660. The second kappa shape index (κ2) is 31.5. The number of benzene rings is 3. The molecule has 0 saturated heterocycles. The number of aromatic carboxylic acids is 3. The molecule has 0 amide bonds. The predicted octanol–water partition coefficient (Wildman–Crippen LogP) is 12.1. The Morgan fingerprint density at radius 1 is 0.319 bits per heavy atom. The molecule has 3 aliphatic rings. The van der Waals surface area contributed by atoms with E-state index in [-0.39, 0.29) is 81.8 Å². The van der Waals surface area contributed by atoms with Crippen molar-refractivity contribution in [2.45, 2.75) is 137 Å². The summed E-state index contributed by atoms with van der Waals surface area (Å²) in [5, 5.41) is 40.5. The van der Waals surface area contributed by atoms with Crippen molar-refractivity contribution in [1.29, 1.82) is 0 Å². The van der Waals surface area contributed by atoms with Gasteiger partial charge in [0.15, 0.2) is 0 Å². The van der Waals surface area contributed by atoms with Gasteiger partial charge in [-0.1, -0.05) is 276 Å². The van der Waals surface area contributed by atoms with E-state index >= 15 is 0 Å². The molecule has 0 bridgehead atoms. The molecule has 0 saturated carbocycles. The van der Waals surface area contributed by atoms with E-state index in [0.717, 1.165) is 0 Å². The summed E-state index contributed by atoms with van der Waals surface area (Å²) in [6.45, 7) is 43.9. The molecule has 3 aromatic carbocycles. The number of hydrogen-bond acceptors (Lipinski definition) is 6. The summed E-state index contributed by atoms with van der Waals surface area (Å²) < 4.78 is 0. The van der Waals surface area contributed by atoms with Gasteiger partial charge >= 0.3 is 0 Å². The summed E-state index contributed by atoms with van der Waals surface area (Å²) >= 11 is 0. The van der Waals surface area contributed by atoms with Crippen molar-refractivity contribution in [3.05, 3.63) is 175 Å². The summed E-state index contributed by atoms with van der Waals surface area (Å²) in [4.78, 5) is 30.3. The minimum atomic E-state index is -1.13. The van der Waals surface area contributed by atoms with Gasteiger partial charge in [-0.2, -0.15) is 0 Å². The smallest absolute Gasteiger partial charge is 0.0771 e. The number of rotatable bonds is 9. The Labute approximate surface area is 469 Å². The second-order valence-corrected chi connectivity index (χ2v) is 53.7. The standard InChI is InChI=1S/3C11H22Si2.3C7H6O2.3Ti/c3*1-12(2,3)10-7-8-11(9-10)13(4,5)6;3*8-7(9)6-4-2-1-3-5-6;;;/h3*7,9H,8H2,1-6H3;3*1-5H,(H,8,9);;;/p-3. The molecule has 0 fully saturated rings. The molecule has 0 N–H and O–H groups in total. The van der Waals surface area contributed by atoms with E-state index in [9.17, 15) is 29.7 Å². The number of carboxylic acid groups (broad SMARTS) is 3. The second-order valence-electron chi connectivity index (χ2n) is 23.1. The van der Waals surface area contributed by atoms with Crippen LogP contribution in [0.3, 0.4) is 0 Å². The molecule has 69 heavy (non-hydrogen) atoms. The van der Waals surface area contributed by atoms with Crippen LogP contribution in [0, 0.1) is 0 Å². The molecule has 6 rings (SSSR count). The number of carboxylic acids is 3. The molecule has 0 spiro atoms. The van der Waals surface area contributed by atoms with Crippen molar-refractivity contribution in [1.82, 2.24) is 0 Å². The molecule has 3 aliphatic carbocycles. The van der Waals surface area contributed by atoms with Crippen molar-refractivity contribution < 1.29 is 94.9 Å². The van der Waals surface area contributed by atoms with Gasteiger partial charge in [0.05, 0.1) is 66.4 Å². The zero-order valence-corrected chi connectivity index (χ0v) is 55.9.